The van der Waals surface area contributed by atoms with Crippen molar-refractivity contribution < 1.29 is 28.7 Å². The van der Waals surface area contributed by atoms with E-state index in [1.54, 1.807) is 25.8 Å². The zero-order valence-electron chi connectivity index (χ0n) is 15.9. The fraction of sp³-hybridized carbons (Fsp3) is 0.706. The number of hydrogen-bond donors (Lipinski definition) is 1. The molecule has 2 saturated heterocycles. The summed E-state index contributed by atoms with van der Waals surface area (Å²) in [7, 11) is 1.81. The lowest BCUT2D eigenvalue weighted by molar-refractivity contribution is -0.173. The van der Waals surface area contributed by atoms with Crippen LogP contribution >= 0.6 is 11.8 Å². The van der Waals surface area contributed by atoms with Crippen molar-refractivity contribution in [3.63, 3.8) is 0 Å². The number of nitrogens with zero attached hydrogens (tertiary/aromatic N) is 2. The maximum atomic E-state index is 12.7. The molecule has 150 valence electrons. The number of rotatable bonds is 4. The molecule has 2 N–H and O–H groups in total. The number of amides is 1. The van der Waals surface area contributed by atoms with Crippen LogP contribution < -0.4 is 5.73 Å². The van der Waals surface area contributed by atoms with Gasteiger partial charge in [-0.25, -0.2) is 4.79 Å². The minimum Gasteiger partial charge on any atom is -0.427 e. The van der Waals surface area contributed by atoms with Crippen LogP contribution in [-0.2, 0) is 28.7 Å². The average Bonchev–Trinajstić information content (AvgIpc) is 3.04. The summed E-state index contributed by atoms with van der Waals surface area (Å²) in [5.74, 6) is -0.998. The van der Waals surface area contributed by atoms with Crippen LogP contribution in [0.3, 0.4) is 0 Å². The second kappa shape index (κ2) is 7.42. The highest BCUT2D eigenvalue weighted by Gasteiger charge is 2.53. The van der Waals surface area contributed by atoms with E-state index in [1.807, 2.05) is 7.05 Å². The average molecular weight is 399 g/mol. The molecule has 0 aromatic carbocycles. The summed E-state index contributed by atoms with van der Waals surface area (Å²) in [6.07, 6.45) is 0.411. The van der Waals surface area contributed by atoms with E-state index in [9.17, 15) is 14.4 Å². The van der Waals surface area contributed by atoms with Gasteiger partial charge in [0.2, 0.25) is 12.7 Å². The molecule has 10 heteroatoms. The predicted molar refractivity (Wildman–Crippen MR) is 96.7 cm³/mol. The highest BCUT2D eigenvalue weighted by atomic mass is 32.2. The Kier molecular flexibility index (Phi) is 5.53. The molecular weight excluding hydrogens is 374 g/mol. The van der Waals surface area contributed by atoms with Crippen LogP contribution in [0, 0.1) is 5.41 Å². The van der Waals surface area contributed by atoms with Gasteiger partial charge in [0.1, 0.15) is 23.2 Å². The third kappa shape index (κ3) is 3.84. The third-order valence-electron chi connectivity index (χ3n) is 4.63. The van der Waals surface area contributed by atoms with E-state index in [0.29, 0.717) is 17.7 Å². The number of carbonyl (C=O) groups excluding carboxylic acids is 3. The quantitative estimate of drug-likeness (QED) is 0.403. The summed E-state index contributed by atoms with van der Waals surface area (Å²) in [6, 6.07) is -0.634. The second-order valence-electron chi connectivity index (χ2n) is 7.78. The maximum absolute atomic E-state index is 12.7. The summed E-state index contributed by atoms with van der Waals surface area (Å²) in [5, 5.41) is 1.41. The van der Waals surface area contributed by atoms with E-state index < -0.39 is 30.2 Å². The number of esters is 2. The van der Waals surface area contributed by atoms with Crippen molar-refractivity contribution in [1.82, 2.24) is 9.96 Å². The predicted octanol–water partition coefficient (Wildman–Crippen LogP) is 0.209. The van der Waals surface area contributed by atoms with Crippen molar-refractivity contribution in [2.45, 2.75) is 44.7 Å². The van der Waals surface area contributed by atoms with Crippen LogP contribution in [0.25, 0.3) is 0 Å². The number of ether oxygens (including phenoxy) is 2. The normalized spacial score (nSPS) is 28.7. The van der Waals surface area contributed by atoms with Crippen LogP contribution in [0.1, 0.15) is 27.2 Å². The molecule has 0 saturated carbocycles. The first-order chi connectivity index (χ1) is 12.6. The summed E-state index contributed by atoms with van der Waals surface area (Å²) in [6.45, 7) is 5.32. The molecule has 2 fully saturated rings. The van der Waals surface area contributed by atoms with Gasteiger partial charge in [-0.1, -0.05) is 0 Å². The summed E-state index contributed by atoms with van der Waals surface area (Å²) in [4.78, 5) is 43.9. The lowest BCUT2D eigenvalue weighted by Gasteiger charge is -2.48. The van der Waals surface area contributed by atoms with Gasteiger partial charge in [-0.15, -0.1) is 11.8 Å². The number of fused-ring (bicyclic) bond motifs is 1. The van der Waals surface area contributed by atoms with E-state index >= 15 is 0 Å². The molecule has 3 atom stereocenters. The lowest BCUT2D eigenvalue weighted by Crippen LogP contribution is -2.68. The number of hydroxylamine groups is 2. The van der Waals surface area contributed by atoms with E-state index in [4.69, 9.17) is 20.0 Å². The van der Waals surface area contributed by atoms with Gasteiger partial charge in [0, 0.05) is 24.9 Å². The Balaban J connectivity index is 1.76. The fourth-order valence-corrected chi connectivity index (χ4v) is 4.41. The van der Waals surface area contributed by atoms with Gasteiger partial charge in [0.25, 0.3) is 0 Å². The van der Waals surface area contributed by atoms with Crippen molar-refractivity contribution in [3.8, 4) is 0 Å². The van der Waals surface area contributed by atoms with Crippen LogP contribution in [0.2, 0.25) is 0 Å². The minimum absolute atomic E-state index is 0.164. The minimum atomic E-state index is -0.713. The highest BCUT2D eigenvalue weighted by molar-refractivity contribution is 8.00. The molecule has 0 aromatic rings. The van der Waals surface area contributed by atoms with Crippen LogP contribution in [-0.4, -0.2) is 71.5 Å². The summed E-state index contributed by atoms with van der Waals surface area (Å²) < 4.78 is 10.1. The Bertz CT molecular complexity index is 689. The van der Waals surface area contributed by atoms with E-state index in [2.05, 4.69) is 0 Å². The topological polar surface area (TPSA) is 111 Å². The van der Waals surface area contributed by atoms with Gasteiger partial charge >= 0.3 is 11.9 Å². The molecule has 9 nitrogen and oxygen atoms in total. The SMILES string of the molecule is CN1CC[C@H](C2=C(C(=O)OCOC(=O)C(C)(C)C)N3C(=O)[C@@H](N)[C@H]3SC2)O1. The Morgan fingerprint density at radius 3 is 2.63 bits per heavy atom. The van der Waals surface area contributed by atoms with Gasteiger partial charge in [-0.2, -0.15) is 5.06 Å². The summed E-state index contributed by atoms with van der Waals surface area (Å²) >= 11 is 1.50. The maximum Gasteiger partial charge on any atom is 0.358 e. The van der Waals surface area contributed by atoms with Crippen LogP contribution in [0.15, 0.2) is 11.3 Å². The second-order valence-corrected chi connectivity index (χ2v) is 8.88. The number of hydrogen-bond acceptors (Lipinski definition) is 9. The van der Waals surface area contributed by atoms with E-state index in [0.717, 1.165) is 6.54 Å². The first kappa shape index (κ1) is 20.1. The Morgan fingerprint density at radius 2 is 2.04 bits per heavy atom. The van der Waals surface area contributed by atoms with Gasteiger partial charge in [-0.3, -0.25) is 19.3 Å². The Labute approximate surface area is 162 Å². The van der Waals surface area contributed by atoms with E-state index in [-0.39, 0.29) is 23.1 Å². The van der Waals surface area contributed by atoms with E-state index in [1.165, 1.54) is 16.7 Å². The third-order valence-corrected chi connectivity index (χ3v) is 5.95. The van der Waals surface area contributed by atoms with Crippen molar-refractivity contribution in [2.24, 2.45) is 11.1 Å². The molecule has 0 unspecified atom stereocenters. The van der Waals surface area contributed by atoms with Gasteiger partial charge < -0.3 is 15.2 Å². The lowest BCUT2D eigenvalue weighted by atomic mass is 9.98. The molecular formula is C17H25N3O6S. The molecule has 3 aliphatic rings. The molecule has 3 heterocycles. The zero-order chi connectivity index (χ0) is 19.9. The Hall–Kier alpha value is -1.62. The first-order valence-corrected chi connectivity index (χ1v) is 9.81. The molecule has 1 amide bonds. The standard InChI is InChI=1S/C17H25N3O6S/c1-17(2,3)16(23)25-8-24-15(22)12-9(10-5-6-19(4)26-10)7-27-14-11(18)13(21)20(12)14/h10-11,14H,5-8,18H2,1-4H3/t10-,11-,14-/m1/s1. The number of β-lactam (4-membered cyclic amide) rings is 1. The van der Waals surface area contributed by atoms with Gasteiger partial charge in [-0.05, 0) is 27.2 Å². The Morgan fingerprint density at radius 1 is 1.33 bits per heavy atom. The molecule has 3 rings (SSSR count). The highest BCUT2D eigenvalue weighted by Crippen LogP contribution is 2.42. The number of nitrogens with two attached hydrogens (primary N) is 1. The fourth-order valence-electron chi connectivity index (χ4n) is 3.06. The molecule has 27 heavy (non-hydrogen) atoms. The van der Waals surface area contributed by atoms with Crippen LogP contribution in [0.4, 0.5) is 0 Å². The first-order valence-electron chi connectivity index (χ1n) is 8.77. The van der Waals surface area contributed by atoms with Crippen molar-refractivity contribution >= 4 is 29.6 Å². The molecule has 0 aromatic heterocycles. The van der Waals surface area contributed by atoms with Gasteiger partial charge in [0.15, 0.2) is 0 Å². The zero-order valence-corrected chi connectivity index (χ0v) is 16.7. The van der Waals surface area contributed by atoms with Crippen LogP contribution in [0.5, 0.6) is 0 Å². The van der Waals surface area contributed by atoms with Crippen molar-refractivity contribution in [3.05, 3.63) is 11.3 Å². The smallest absolute Gasteiger partial charge is 0.358 e. The molecule has 0 aliphatic carbocycles. The molecule has 0 bridgehead atoms. The number of thioether (sulfide) groups is 1. The molecule has 3 aliphatic heterocycles. The largest absolute Gasteiger partial charge is 0.427 e. The monoisotopic (exact) mass is 399 g/mol. The van der Waals surface area contributed by atoms with Crippen molar-refractivity contribution in [1.29, 1.82) is 0 Å². The molecule has 0 radical (unpaired) electrons. The number of carbonyl (C=O) groups is 3. The molecule has 0 spiro atoms. The van der Waals surface area contributed by atoms with Gasteiger partial charge in [0.05, 0.1) is 5.41 Å². The van der Waals surface area contributed by atoms with Crippen molar-refractivity contribution in [2.75, 3.05) is 26.1 Å². The summed E-state index contributed by atoms with van der Waals surface area (Å²) in [5.41, 5.74) is 6.02.